The number of likely N-dealkylation sites (N-methyl/N-ethyl adjacent to an activating group) is 2. The quantitative estimate of drug-likeness (QED) is 0.651. The van der Waals surface area contributed by atoms with E-state index in [1.165, 1.54) is 10.4 Å². The Labute approximate surface area is 200 Å². The summed E-state index contributed by atoms with van der Waals surface area (Å²) in [5, 5.41) is 3.05. The van der Waals surface area contributed by atoms with Crippen LogP contribution in [0.25, 0.3) is 0 Å². The van der Waals surface area contributed by atoms with Gasteiger partial charge in [0, 0.05) is 44.6 Å². The van der Waals surface area contributed by atoms with E-state index in [0.717, 1.165) is 18.4 Å². The molecule has 1 fully saturated rings. The summed E-state index contributed by atoms with van der Waals surface area (Å²) in [6.45, 7) is 1.20. The van der Waals surface area contributed by atoms with Crippen molar-refractivity contribution >= 4 is 21.6 Å². The number of nitrogens with one attached hydrogen (secondary N) is 1. The molecule has 0 spiro atoms. The molecule has 0 saturated carbocycles. The molecule has 2 atom stereocenters. The van der Waals surface area contributed by atoms with Crippen molar-refractivity contribution in [3.63, 3.8) is 0 Å². The monoisotopic (exact) mass is 486 g/mol. The van der Waals surface area contributed by atoms with E-state index in [4.69, 9.17) is 0 Å². The molecule has 2 aromatic rings. The minimum atomic E-state index is -3.97. The van der Waals surface area contributed by atoms with Gasteiger partial charge >= 0.3 is 0 Å². The van der Waals surface area contributed by atoms with Crippen LogP contribution in [0, 0.1) is 5.82 Å². The molecule has 1 saturated heterocycles. The molecule has 4 rings (SSSR count). The van der Waals surface area contributed by atoms with Crippen LogP contribution in [0.4, 0.5) is 10.1 Å². The first kappa shape index (κ1) is 24.2. The summed E-state index contributed by atoms with van der Waals surface area (Å²) in [7, 11) is 1.28. The van der Waals surface area contributed by atoms with Crippen molar-refractivity contribution in [1.29, 1.82) is 0 Å². The summed E-state index contributed by atoms with van der Waals surface area (Å²) in [5.41, 5.74) is 1.92. The predicted octanol–water partition coefficient (Wildman–Crippen LogP) is 3.12. The lowest BCUT2D eigenvalue weighted by Crippen LogP contribution is -2.42. The van der Waals surface area contributed by atoms with Crippen molar-refractivity contribution in [3.8, 4) is 0 Å². The van der Waals surface area contributed by atoms with E-state index >= 15 is 0 Å². The Morgan fingerprint density at radius 1 is 1.18 bits per heavy atom. The molecule has 1 amide bonds. The second-order valence-electron chi connectivity index (χ2n) is 8.98. The van der Waals surface area contributed by atoms with Crippen molar-refractivity contribution in [2.24, 2.45) is 0 Å². The van der Waals surface area contributed by atoms with Gasteiger partial charge in [0.25, 0.3) is 10.0 Å². The van der Waals surface area contributed by atoms with Crippen LogP contribution in [0.1, 0.15) is 30.9 Å². The number of anilines is 1. The van der Waals surface area contributed by atoms with E-state index in [0.29, 0.717) is 30.8 Å². The van der Waals surface area contributed by atoms with Crippen molar-refractivity contribution < 1.29 is 17.6 Å². The van der Waals surface area contributed by atoms with Gasteiger partial charge in [-0.1, -0.05) is 24.3 Å². The van der Waals surface area contributed by atoms with E-state index in [9.17, 15) is 17.6 Å². The largest absolute Gasteiger partial charge is 0.359 e. The maximum absolute atomic E-state index is 14.7. The zero-order chi connectivity index (χ0) is 24.5. The van der Waals surface area contributed by atoms with Gasteiger partial charge in [-0.3, -0.25) is 9.10 Å². The molecule has 182 valence electrons. The summed E-state index contributed by atoms with van der Waals surface area (Å²) in [6.07, 6.45) is 3.61. The van der Waals surface area contributed by atoms with Gasteiger partial charge in [-0.15, -0.1) is 0 Å². The smallest absolute Gasteiger partial charge is 0.264 e. The molecule has 1 N–H and O–H groups in total. The van der Waals surface area contributed by atoms with Gasteiger partial charge in [0.1, 0.15) is 11.9 Å². The minimum Gasteiger partial charge on any atom is -0.359 e. The highest BCUT2D eigenvalue weighted by Crippen LogP contribution is 2.40. The highest BCUT2D eigenvalue weighted by atomic mass is 32.2. The third kappa shape index (κ3) is 4.54. The van der Waals surface area contributed by atoms with Crippen LogP contribution in [0.5, 0.6) is 0 Å². The normalized spacial score (nSPS) is 20.5. The molecule has 0 bridgehead atoms. The molecule has 34 heavy (non-hydrogen) atoms. The topological polar surface area (TPSA) is 73.0 Å². The maximum Gasteiger partial charge on any atom is 0.264 e. The molecule has 2 aromatic carbocycles. The van der Waals surface area contributed by atoms with Crippen LogP contribution in [0.2, 0.25) is 0 Å². The van der Waals surface area contributed by atoms with E-state index in [2.05, 4.69) is 5.32 Å². The van der Waals surface area contributed by atoms with Crippen LogP contribution >= 0.6 is 0 Å². The fourth-order valence-corrected chi connectivity index (χ4v) is 6.38. The highest BCUT2D eigenvalue weighted by Gasteiger charge is 2.37. The molecule has 2 heterocycles. The van der Waals surface area contributed by atoms with Gasteiger partial charge in [-0.2, -0.15) is 0 Å². The fraction of sp³-hybridized carbons (Fsp3) is 0.400. The summed E-state index contributed by atoms with van der Waals surface area (Å²) >= 11 is 0. The van der Waals surface area contributed by atoms with E-state index in [-0.39, 0.29) is 16.8 Å². The second kappa shape index (κ2) is 9.76. The fourth-order valence-electron chi connectivity index (χ4n) is 4.81. The van der Waals surface area contributed by atoms with E-state index in [1.807, 2.05) is 11.0 Å². The van der Waals surface area contributed by atoms with Crippen molar-refractivity contribution in [2.45, 2.75) is 36.2 Å². The lowest BCUT2D eigenvalue weighted by molar-refractivity contribution is -0.129. The van der Waals surface area contributed by atoms with Gasteiger partial charge in [-0.25, -0.2) is 12.8 Å². The zero-order valence-electron chi connectivity index (χ0n) is 19.7. The van der Waals surface area contributed by atoms with Crippen LogP contribution < -0.4 is 10.2 Å². The standard InChI is InChI=1S/C25H31FN4O3S/c1-27-16-18-14-24(21-10-4-5-11-22(21)26)30(17-18)34(32,33)20-9-6-8-19(15-20)29-13-7-12-23(29)25(31)28(2)3/h4-6,8-11,15,17,23-24,27H,7,12-14,16H2,1-3H3/t23-,24?/m0/s1. The Bertz CT molecular complexity index is 1200. The summed E-state index contributed by atoms with van der Waals surface area (Å²) < 4.78 is 43.6. The van der Waals surface area contributed by atoms with E-state index < -0.39 is 21.9 Å². The number of sulfonamides is 1. The van der Waals surface area contributed by atoms with Crippen molar-refractivity contribution in [1.82, 2.24) is 14.5 Å². The first-order chi connectivity index (χ1) is 16.2. The lowest BCUT2D eigenvalue weighted by atomic mass is 10.0. The summed E-state index contributed by atoms with van der Waals surface area (Å²) in [6, 6.07) is 12.0. The average molecular weight is 487 g/mol. The molecule has 9 heteroatoms. The number of hydrogen-bond acceptors (Lipinski definition) is 5. The van der Waals surface area contributed by atoms with Crippen molar-refractivity contribution in [3.05, 3.63) is 71.7 Å². The Balaban J connectivity index is 1.70. The summed E-state index contributed by atoms with van der Waals surface area (Å²) in [4.78, 5) is 16.3. The first-order valence-corrected chi connectivity index (χ1v) is 12.9. The highest BCUT2D eigenvalue weighted by molar-refractivity contribution is 7.89. The number of hydrogen-bond donors (Lipinski definition) is 1. The van der Waals surface area contributed by atoms with Gasteiger partial charge in [-0.05, 0) is 56.1 Å². The molecule has 2 aliphatic heterocycles. The third-order valence-corrected chi connectivity index (χ3v) is 8.21. The van der Waals surface area contributed by atoms with Gasteiger partial charge < -0.3 is 15.1 Å². The number of rotatable bonds is 7. The molecule has 1 unspecified atom stereocenters. The van der Waals surface area contributed by atoms with Crippen molar-refractivity contribution in [2.75, 3.05) is 39.1 Å². The van der Waals surface area contributed by atoms with E-state index in [1.54, 1.807) is 68.6 Å². The molecule has 0 aromatic heterocycles. The Kier molecular flexibility index (Phi) is 6.95. The van der Waals surface area contributed by atoms with Crippen LogP contribution in [-0.2, 0) is 14.8 Å². The number of carbonyl (C=O) groups excluding carboxylic acids is 1. The number of halogens is 1. The SMILES string of the molecule is CNCC1=CN(S(=O)(=O)c2cccc(N3CCC[C@H]3C(=O)N(C)C)c2)C(c2ccccc2F)C1. The lowest BCUT2D eigenvalue weighted by Gasteiger charge is -2.29. The Hall–Kier alpha value is -2.91. The number of nitrogens with zero attached hydrogens (tertiary/aromatic N) is 3. The Morgan fingerprint density at radius 2 is 1.94 bits per heavy atom. The molecular formula is C25H31FN4O3S. The maximum atomic E-state index is 14.7. The van der Waals surface area contributed by atoms with Gasteiger partial charge in [0.2, 0.25) is 5.91 Å². The first-order valence-electron chi connectivity index (χ1n) is 11.4. The second-order valence-corrected chi connectivity index (χ2v) is 10.8. The van der Waals surface area contributed by atoms with Gasteiger partial charge in [0.15, 0.2) is 0 Å². The molecular weight excluding hydrogens is 455 g/mol. The zero-order valence-corrected chi connectivity index (χ0v) is 20.6. The van der Waals surface area contributed by atoms with Crippen LogP contribution in [-0.4, -0.2) is 63.8 Å². The third-order valence-electron chi connectivity index (χ3n) is 6.44. The molecule has 2 aliphatic rings. The summed E-state index contributed by atoms with van der Waals surface area (Å²) in [5.74, 6) is -0.424. The molecule has 0 radical (unpaired) electrons. The van der Waals surface area contributed by atoms with Gasteiger partial charge in [0.05, 0.1) is 10.9 Å². The Morgan fingerprint density at radius 3 is 2.65 bits per heavy atom. The molecule has 7 nitrogen and oxygen atoms in total. The number of benzene rings is 2. The van der Waals surface area contributed by atoms with Crippen LogP contribution in [0.3, 0.4) is 0 Å². The molecule has 0 aliphatic carbocycles. The average Bonchev–Trinajstić information content (AvgIpc) is 3.47. The number of amides is 1. The number of carbonyl (C=O) groups is 1. The van der Waals surface area contributed by atoms with Crippen LogP contribution in [0.15, 0.2) is 65.2 Å². The minimum absolute atomic E-state index is 0.00422. The predicted molar refractivity (Wildman–Crippen MR) is 130 cm³/mol.